The number of halogens is 1. The third kappa shape index (κ3) is 5.06. The number of hydrogen-bond acceptors (Lipinski definition) is 3. The van der Waals surface area contributed by atoms with Crippen molar-refractivity contribution in [3.63, 3.8) is 0 Å². The van der Waals surface area contributed by atoms with Crippen molar-refractivity contribution in [2.45, 2.75) is 38.5 Å². The smallest absolute Gasteiger partial charge is 0.242 e. The zero-order valence-electron chi connectivity index (χ0n) is 13.6. The zero-order valence-corrected chi connectivity index (χ0v) is 14.4. The summed E-state index contributed by atoms with van der Waals surface area (Å²) in [5.41, 5.74) is -0.131. The first-order valence-electron chi connectivity index (χ1n) is 6.95. The summed E-state index contributed by atoms with van der Waals surface area (Å²) in [4.78, 5) is 11.8. The summed E-state index contributed by atoms with van der Waals surface area (Å²) >= 11 is 0. The molecule has 0 saturated carbocycles. The fourth-order valence-corrected chi connectivity index (χ4v) is 2.60. The van der Waals surface area contributed by atoms with Gasteiger partial charge in [-0.05, 0) is 30.0 Å². The normalized spacial score (nSPS) is 12.5. The Kier molecular flexibility index (Phi) is 5.70. The third-order valence-electron chi connectivity index (χ3n) is 3.09. The molecule has 0 aliphatic rings. The van der Waals surface area contributed by atoms with Gasteiger partial charge < -0.3 is 5.32 Å². The summed E-state index contributed by atoms with van der Waals surface area (Å²) in [6.45, 7) is 6.02. The molecule has 1 amide bonds. The molecule has 1 aromatic carbocycles. The minimum Gasteiger partial charge on any atom is -0.324 e. The fourth-order valence-electron chi connectivity index (χ4n) is 1.67. The van der Waals surface area contributed by atoms with E-state index < -0.39 is 15.8 Å². The van der Waals surface area contributed by atoms with Crippen LogP contribution in [0.5, 0.6) is 0 Å². The van der Waals surface area contributed by atoms with Crippen LogP contribution in [0.1, 0.15) is 33.6 Å². The van der Waals surface area contributed by atoms with Gasteiger partial charge in [0.25, 0.3) is 0 Å². The van der Waals surface area contributed by atoms with Gasteiger partial charge in [-0.15, -0.1) is 0 Å². The highest BCUT2D eigenvalue weighted by Crippen LogP contribution is 2.23. The lowest BCUT2D eigenvalue weighted by Gasteiger charge is -2.17. The second kappa shape index (κ2) is 6.75. The van der Waals surface area contributed by atoms with Crippen molar-refractivity contribution in [3.8, 4) is 0 Å². The van der Waals surface area contributed by atoms with Crippen LogP contribution < -0.4 is 5.32 Å². The highest BCUT2D eigenvalue weighted by molar-refractivity contribution is 7.89. The van der Waals surface area contributed by atoms with Crippen LogP contribution >= 0.6 is 0 Å². The molecule has 1 rings (SSSR count). The molecule has 0 radical (unpaired) electrons. The van der Waals surface area contributed by atoms with Crippen molar-refractivity contribution in [1.29, 1.82) is 0 Å². The molecule has 1 aromatic rings. The minimum atomic E-state index is -3.67. The van der Waals surface area contributed by atoms with E-state index in [1.54, 1.807) is 0 Å². The van der Waals surface area contributed by atoms with E-state index in [4.69, 9.17) is 0 Å². The zero-order chi connectivity index (χ0) is 17.1. The summed E-state index contributed by atoms with van der Waals surface area (Å²) in [5, 5.41) is 2.44. The third-order valence-corrected chi connectivity index (χ3v) is 4.90. The summed E-state index contributed by atoms with van der Waals surface area (Å²) < 4.78 is 38.9. The van der Waals surface area contributed by atoms with E-state index in [0.717, 1.165) is 16.4 Å². The highest BCUT2D eigenvalue weighted by Gasteiger charge is 2.20. The lowest BCUT2D eigenvalue weighted by Crippen LogP contribution is -2.22. The SMILES string of the molecule is CN(C)S(=O)(=O)c1ccc(F)c(NC(=O)CCC(C)(C)C)c1. The van der Waals surface area contributed by atoms with Gasteiger partial charge in [0.1, 0.15) is 5.82 Å². The molecule has 0 heterocycles. The van der Waals surface area contributed by atoms with Crippen LogP contribution in [0.25, 0.3) is 0 Å². The Morgan fingerprint density at radius 2 is 1.86 bits per heavy atom. The van der Waals surface area contributed by atoms with E-state index in [0.29, 0.717) is 6.42 Å². The lowest BCUT2D eigenvalue weighted by atomic mass is 9.90. The van der Waals surface area contributed by atoms with Gasteiger partial charge >= 0.3 is 0 Å². The van der Waals surface area contributed by atoms with Crippen LogP contribution in [0.15, 0.2) is 23.1 Å². The van der Waals surface area contributed by atoms with E-state index in [1.165, 1.54) is 20.2 Å². The number of nitrogens with one attached hydrogen (secondary N) is 1. The van der Waals surface area contributed by atoms with Gasteiger partial charge in [-0.1, -0.05) is 20.8 Å². The Balaban J connectivity index is 2.95. The van der Waals surface area contributed by atoms with Crippen LogP contribution in [0.3, 0.4) is 0 Å². The van der Waals surface area contributed by atoms with Crippen molar-refractivity contribution < 1.29 is 17.6 Å². The molecule has 0 saturated heterocycles. The van der Waals surface area contributed by atoms with E-state index in [1.807, 2.05) is 20.8 Å². The predicted octanol–water partition coefficient (Wildman–Crippen LogP) is 2.84. The van der Waals surface area contributed by atoms with Crippen molar-refractivity contribution in [2.75, 3.05) is 19.4 Å². The number of sulfonamides is 1. The quantitative estimate of drug-likeness (QED) is 0.903. The van der Waals surface area contributed by atoms with Crippen molar-refractivity contribution in [3.05, 3.63) is 24.0 Å². The molecule has 0 fully saturated rings. The summed E-state index contributed by atoms with van der Waals surface area (Å²) in [6, 6.07) is 3.35. The van der Waals surface area contributed by atoms with E-state index in [2.05, 4.69) is 5.32 Å². The lowest BCUT2D eigenvalue weighted by molar-refractivity contribution is -0.116. The molecular formula is C15H23FN2O3S. The van der Waals surface area contributed by atoms with Gasteiger partial charge in [0.2, 0.25) is 15.9 Å². The number of carbonyl (C=O) groups is 1. The van der Waals surface area contributed by atoms with Gasteiger partial charge in [-0.2, -0.15) is 0 Å². The maximum atomic E-state index is 13.8. The number of amides is 1. The summed E-state index contributed by atoms with van der Waals surface area (Å²) in [6.07, 6.45) is 0.893. The molecule has 7 heteroatoms. The molecule has 0 aliphatic heterocycles. The molecule has 0 bridgehead atoms. The topological polar surface area (TPSA) is 66.5 Å². The number of carbonyl (C=O) groups excluding carboxylic acids is 1. The Morgan fingerprint density at radius 3 is 2.36 bits per heavy atom. The van der Waals surface area contributed by atoms with Gasteiger partial charge in [-0.25, -0.2) is 17.1 Å². The monoisotopic (exact) mass is 330 g/mol. The molecule has 5 nitrogen and oxygen atoms in total. The molecule has 0 aromatic heterocycles. The van der Waals surface area contributed by atoms with E-state index >= 15 is 0 Å². The van der Waals surface area contributed by atoms with E-state index in [-0.39, 0.29) is 28.3 Å². The molecule has 1 N–H and O–H groups in total. The molecular weight excluding hydrogens is 307 g/mol. The van der Waals surface area contributed by atoms with Crippen molar-refractivity contribution in [2.24, 2.45) is 5.41 Å². The molecule has 0 aliphatic carbocycles. The van der Waals surface area contributed by atoms with Crippen LogP contribution in [0.4, 0.5) is 10.1 Å². The first-order valence-corrected chi connectivity index (χ1v) is 8.39. The maximum Gasteiger partial charge on any atom is 0.242 e. The molecule has 0 atom stereocenters. The number of rotatable bonds is 5. The predicted molar refractivity (Wildman–Crippen MR) is 84.6 cm³/mol. The van der Waals surface area contributed by atoms with Crippen LogP contribution in [0.2, 0.25) is 0 Å². The average Bonchev–Trinajstić information content (AvgIpc) is 2.37. The highest BCUT2D eigenvalue weighted by atomic mass is 32.2. The molecule has 124 valence electrons. The molecule has 0 unspecified atom stereocenters. The Hall–Kier alpha value is -1.47. The standard InChI is InChI=1S/C15H23FN2O3S/c1-15(2,3)9-8-14(19)17-13-10-11(6-7-12(13)16)22(20,21)18(4)5/h6-7,10H,8-9H2,1-5H3,(H,17,19). The number of benzene rings is 1. The Labute approximate surface area is 131 Å². The average molecular weight is 330 g/mol. The Bertz CT molecular complexity index is 649. The van der Waals surface area contributed by atoms with Gasteiger partial charge in [0, 0.05) is 20.5 Å². The maximum absolute atomic E-state index is 13.8. The Morgan fingerprint density at radius 1 is 1.27 bits per heavy atom. The van der Waals surface area contributed by atoms with Crippen molar-refractivity contribution in [1.82, 2.24) is 4.31 Å². The molecule has 22 heavy (non-hydrogen) atoms. The first-order chi connectivity index (χ1) is 9.93. The first kappa shape index (κ1) is 18.6. The van der Waals surface area contributed by atoms with Gasteiger partial charge in [0.15, 0.2) is 0 Å². The number of anilines is 1. The second-order valence-electron chi connectivity index (χ2n) is 6.54. The van der Waals surface area contributed by atoms with Crippen LogP contribution in [0, 0.1) is 11.2 Å². The number of nitrogens with zero attached hydrogens (tertiary/aromatic N) is 1. The van der Waals surface area contributed by atoms with Crippen LogP contribution in [-0.4, -0.2) is 32.7 Å². The van der Waals surface area contributed by atoms with Crippen molar-refractivity contribution >= 4 is 21.6 Å². The number of hydrogen-bond donors (Lipinski definition) is 1. The van der Waals surface area contributed by atoms with E-state index in [9.17, 15) is 17.6 Å². The minimum absolute atomic E-state index is 0.00794. The second-order valence-corrected chi connectivity index (χ2v) is 8.69. The fraction of sp³-hybridized carbons (Fsp3) is 0.533. The summed E-state index contributed by atoms with van der Waals surface area (Å²) in [7, 11) is -0.894. The molecule has 0 spiro atoms. The van der Waals surface area contributed by atoms with Gasteiger partial charge in [0.05, 0.1) is 10.6 Å². The van der Waals surface area contributed by atoms with Gasteiger partial charge in [-0.3, -0.25) is 4.79 Å². The summed E-state index contributed by atoms with van der Waals surface area (Å²) in [5.74, 6) is -1.00. The largest absolute Gasteiger partial charge is 0.324 e. The van der Waals surface area contributed by atoms with Crippen LogP contribution in [-0.2, 0) is 14.8 Å².